The summed E-state index contributed by atoms with van der Waals surface area (Å²) >= 11 is 3.30. The van der Waals surface area contributed by atoms with Crippen molar-refractivity contribution < 1.29 is 5.11 Å². The van der Waals surface area contributed by atoms with Crippen molar-refractivity contribution in [3.8, 4) is 6.07 Å². The lowest BCUT2D eigenvalue weighted by Crippen LogP contribution is -2.38. The zero-order valence-corrected chi connectivity index (χ0v) is 10.5. The van der Waals surface area contributed by atoms with Crippen molar-refractivity contribution in [3.05, 3.63) is 28.2 Å². The summed E-state index contributed by atoms with van der Waals surface area (Å²) in [6.45, 7) is 2.06. The van der Waals surface area contributed by atoms with Crippen LogP contribution in [0.3, 0.4) is 0 Å². The quantitative estimate of drug-likeness (QED) is 0.781. The van der Waals surface area contributed by atoms with E-state index in [4.69, 9.17) is 11.0 Å². The molecule has 0 heterocycles. The van der Waals surface area contributed by atoms with E-state index in [1.165, 1.54) is 0 Å². The zero-order chi connectivity index (χ0) is 12.1. The van der Waals surface area contributed by atoms with E-state index >= 15 is 0 Å². The molecule has 0 saturated heterocycles. The minimum atomic E-state index is -0.579. The van der Waals surface area contributed by atoms with Crippen molar-refractivity contribution in [2.24, 2.45) is 5.73 Å². The Bertz CT molecular complexity index is 401. The normalized spacial score (nSPS) is 13.9. The molecule has 0 bridgehead atoms. The molecule has 16 heavy (non-hydrogen) atoms. The molecule has 2 unspecified atom stereocenters. The van der Waals surface area contributed by atoms with Gasteiger partial charge in [0, 0.05) is 17.1 Å². The molecule has 86 valence electrons. The maximum atomic E-state index is 9.24. The minimum Gasteiger partial charge on any atom is -0.392 e. The van der Waals surface area contributed by atoms with Crippen LogP contribution in [0, 0.1) is 11.3 Å². The SMILES string of the molecule is CC(O)C(N)CNc1cccc(Br)c1C#N. The Hall–Kier alpha value is -1.09. The van der Waals surface area contributed by atoms with Crippen molar-refractivity contribution in [2.75, 3.05) is 11.9 Å². The van der Waals surface area contributed by atoms with Gasteiger partial charge in [-0.2, -0.15) is 5.26 Å². The Labute approximate surface area is 103 Å². The number of aliphatic hydroxyl groups is 1. The molecule has 4 nitrogen and oxygen atoms in total. The van der Waals surface area contributed by atoms with Crippen LogP contribution < -0.4 is 11.1 Å². The summed E-state index contributed by atoms with van der Waals surface area (Å²) in [7, 11) is 0. The first kappa shape index (κ1) is 13.0. The predicted octanol–water partition coefficient (Wildman–Crippen LogP) is 1.44. The monoisotopic (exact) mass is 283 g/mol. The molecule has 0 amide bonds. The third-order valence-corrected chi connectivity index (χ3v) is 2.93. The summed E-state index contributed by atoms with van der Waals surface area (Å²) in [4.78, 5) is 0. The van der Waals surface area contributed by atoms with E-state index in [-0.39, 0.29) is 6.04 Å². The first-order valence-corrected chi connectivity index (χ1v) is 5.71. The van der Waals surface area contributed by atoms with Gasteiger partial charge in [-0.05, 0) is 35.0 Å². The molecule has 0 aliphatic heterocycles. The van der Waals surface area contributed by atoms with Gasteiger partial charge in [0.1, 0.15) is 6.07 Å². The van der Waals surface area contributed by atoms with E-state index in [0.29, 0.717) is 17.8 Å². The van der Waals surface area contributed by atoms with Crippen LogP contribution in [0.4, 0.5) is 5.69 Å². The number of hydrogen-bond acceptors (Lipinski definition) is 4. The lowest BCUT2D eigenvalue weighted by atomic mass is 10.1. The van der Waals surface area contributed by atoms with Crippen molar-refractivity contribution in [2.45, 2.75) is 19.1 Å². The summed E-state index contributed by atoms with van der Waals surface area (Å²) in [5.74, 6) is 0. The van der Waals surface area contributed by atoms with Crippen LogP contribution in [0.5, 0.6) is 0 Å². The number of nitrogens with one attached hydrogen (secondary N) is 1. The predicted molar refractivity (Wildman–Crippen MR) is 67.0 cm³/mol. The van der Waals surface area contributed by atoms with Gasteiger partial charge in [0.05, 0.1) is 17.4 Å². The van der Waals surface area contributed by atoms with Gasteiger partial charge in [0.15, 0.2) is 0 Å². The van der Waals surface area contributed by atoms with Gasteiger partial charge < -0.3 is 16.2 Å². The number of rotatable bonds is 4. The van der Waals surface area contributed by atoms with Crippen LogP contribution in [0.25, 0.3) is 0 Å². The molecule has 0 spiro atoms. The van der Waals surface area contributed by atoms with E-state index in [2.05, 4.69) is 27.3 Å². The molecule has 0 aliphatic rings. The number of aliphatic hydroxyl groups excluding tert-OH is 1. The average molecular weight is 284 g/mol. The molecular formula is C11H14BrN3O. The van der Waals surface area contributed by atoms with Crippen molar-refractivity contribution >= 4 is 21.6 Å². The maximum absolute atomic E-state index is 9.24. The molecule has 1 aromatic rings. The molecule has 0 aliphatic carbocycles. The second-order valence-electron chi connectivity index (χ2n) is 3.56. The lowest BCUT2D eigenvalue weighted by Gasteiger charge is -2.17. The highest BCUT2D eigenvalue weighted by Gasteiger charge is 2.10. The summed E-state index contributed by atoms with van der Waals surface area (Å²) in [5.41, 5.74) is 6.94. The number of nitriles is 1. The highest BCUT2D eigenvalue weighted by molar-refractivity contribution is 9.10. The summed E-state index contributed by atoms with van der Waals surface area (Å²) in [5, 5.41) is 21.3. The fourth-order valence-corrected chi connectivity index (χ4v) is 1.64. The Morgan fingerprint density at radius 1 is 1.62 bits per heavy atom. The molecule has 4 N–H and O–H groups in total. The largest absolute Gasteiger partial charge is 0.392 e. The van der Waals surface area contributed by atoms with Gasteiger partial charge in [0.25, 0.3) is 0 Å². The van der Waals surface area contributed by atoms with Gasteiger partial charge in [-0.3, -0.25) is 0 Å². The van der Waals surface area contributed by atoms with Crippen LogP contribution >= 0.6 is 15.9 Å². The standard InChI is InChI=1S/C11H14BrN3O/c1-7(16)10(14)6-15-11-4-2-3-9(12)8(11)5-13/h2-4,7,10,15-16H,6,14H2,1H3. The fraction of sp³-hybridized carbons (Fsp3) is 0.364. The number of benzene rings is 1. The number of nitrogens with two attached hydrogens (primary N) is 1. The molecule has 2 atom stereocenters. The fourth-order valence-electron chi connectivity index (χ4n) is 1.18. The molecule has 0 saturated carbocycles. The summed E-state index contributed by atoms with van der Waals surface area (Å²) < 4.78 is 0.741. The summed E-state index contributed by atoms with van der Waals surface area (Å²) in [6, 6.07) is 7.19. The van der Waals surface area contributed by atoms with Gasteiger partial charge in [0.2, 0.25) is 0 Å². The van der Waals surface area contributed by atoms with Crippen LogP contribution in [0.15, 0.2) is 22.7 Å². The number of nitrogens with zero attached hydrogens (tertiary/aromatic N) is 1. The first-order chi connectivity index (χ1) is 7.56. The summed E-state index contributed by atoms with van der Waals surface area (Å²) in [6.07, 6.45) is -0.579. The molecule has 5 heteroatoms. The molecular weight excluding hydrogens is 270 g/mol. The molecule has 0 radical (unpaired) electrons. The minimum absolute atomic E-state index is 0.356. The van der Waals surface area contributed by atoms with Crippen molar-refractivity contribution in [1.29, 1.82) is 5.26 Å². The van der Waals surface area contributed by atoms with Crippen molar-refractivity contribution in [3.63, 3.8) is 0 Å². The van der Waals surface area contributed by atoms with Crippen LogP contribution in [0.1, 0.15) is 12.5 Å². The molecule has 1 aromatic carbocycles. The third kappa shape index (κ3) is 3.20. The van der Waals surface area contributed by atoms with E-state index in [9.17, 15) is 5.11 Å². The number of anilines is 1. The zero-order valence-electron chi connectivity index (χ0n) is 8.94. The smallest absolute Gasteiger partial charge is 0.103 e. The van der Waals surface area contributed by atoms with E-state index in [0.717, 1.165) is 4.47 Å². The maximum Gasteiger partial charge on any atom is 0.103 e. The van der Waals surface area contributed by atoms with Gasteiger partial charge in [-0.25, -0.2) is 0 Å². The van der Waals surface area contributed by atoms with E-state index in [1.807, 2.05) is 6.07 Å². The highest BCUT2D eigenvalue weighted by Crippen LogP contribution is 2.23. The topological polar surface area (TPSA) is 82.1 Å². The Morgan fingerprint density at radius 3 is 2.88 bits per heavy atom. The highest BCUT2D eigenvalue weighted by atomic mass is 79.9. The van der Waals surface area contributed by atoms with Crippen LogP contribution in [0.2, 0.25) is 0 Å². The first-order valence-electron chi connectivity index (χ1n) is 4.92. The Balaban J connectivity index is 2.75. The van der Waals surface area contributed by atoms with E-state index < -0.39 is 6.10 Å². The molecule has 0 aromatic heterocycles. The Kier molecular flexibility index (Phi) is 4.74. The second kappa shape index (κ2) is 5.85. The second-order valence-corrected chi connectivity index (χ2v) is 4.41. The van der Waals surface area contributed by atoms with Gasteiger partial charge in [-0.15, -0.1) is 0 Å². The van der Waals surface area contributed by atoms with Crippen LogP contribution in [-0.2, 0) is 0 Å². The average Bonchev–Trinajstić information content (AvgIpc) is 2.25. The van der Waals surface area contributed by atoms with Gasteiger partial charge in [-0.1, -0.05) is 6.07 Å². The third-order valence-electron chi connectivity index (χ3n) is 2.27. The number of hydrogen-bond donors (Lipinski definition) is 3. The molecule has 0 fully saturated rings. The van der Waals surface area contributed by atoms with Crippen molar-refractivity contribution in [1.82, 2.24) is 0 Å². The lowest BCUT2D eigenvalue weighted by molar-refractivity contribution is 0.168. The van der Waals surface area contributed by atoms with E-state index in [1.54, 1.807) is 19.1 Å². The molecule has 1 rings (SSSR count). The van der Waals surface area contributed by atoms with Crippen LogP contribution in [-0.4, -0.2) is 23.8 Å². The number of halogens is 1. The van der Waals surface area contributed by atoms with Gasteiger partial charge >= 0.3 is 0 Å². The Morgan fingerprint density at radius 2 is 2.31 bits per heavy atom.